The highest BCUT2D eigenvalue weighted by molar-refractivity contribution is 5.76. The Morgan fingerprint density at radius 1 is 0.109 bits per heavy atom. The molecule has 13 aromatic rings. The zero-order chi connectivity index (χ0) is 84.6. The minimum Gasteiger partial charge on any atom is -0.0683 e. The van der Waals surface area contributed by atoms with Crippen molar-refractivity contribution in [2.75, 3.05) is 0 Å². The van der Waals surface area contributed by atoms with Gasteiger partial charge in [0.15, 0.2) is 0 Å². The van der Waals surface area contributed by atoms with Crippen molar-refractivity contribution in [1.29, 1.82) is 0 Å². The van der Waals surface area contributed by atoms with Crippen LogP contribution in [-0.4, -0.2) is 0 Å². The fraction of sp³-hybridized carbons (Fsp3) is 0.291. The summed E-state index contributed by atoms with van der Waals surface area (Å²) in [7, 11) is 0. The fourth-order valence-corrected chi connectivity index (χ4v) is 9.62. The lowest BCUT2D eigenvalue weighted by Gasteiger charge is -2.09. The lowest BCUT2D eigenvalue weighted by Crippen LogP contribution is -1.85. The van der Waals surface area contributed by atoms with Gasteiger partial charge >= 0.3 is 0 Å². The first-order valence-corrected chi connectivity index (χ1v) is 42.0. The third-order valence-electron chi connectivity index (χ3n) is 14.2. The monoisotopic (exact) mass is 1480 g/mol. The second kappa shape index (κ2) is 81.4. The normalized spacial score (nSPS) is 8.36. The molecular weight excluding hydrogens is 1320 g/mol. The van der Waals surface area contributed by atoms with Gasteiger partial charge in [-0.1, -0.05) is 536 Å². The smallest absolute Gasteiger partial charge is 0.0149 e. The molecule has 0 aliphatic rings. The predicted octanol–water partition coefficient (Wildman–Crippen LogP) is 37.0. The molecule has 0 saturated carbocycles. The standard InChI is InChI=1S/2C19H16.3C13H12.C7H8.13C2H6/c1-15-12-18(16-8-4-2-5-9-16)14-19(13-15)17-10-6-3-7-11-17;1-15-12-13-18(16-8-4-2-5-9-16)14-19(15)17-10-6-3-7-11-17;1-11-7-5-6-10-13(11)12-8-3-2-4-9-12;1-11-6-5-9-13(10-11)12-7-3-2-4-8-12;1-11-7-9-13(10-8-11)12-5-3-2-4-6-12;1-7-5-3-2-4-6-7;13*1-2/h2*2-14H,1H3;3*2-10H,1H3;2-6H,1H3;13*1-2H3. The number of hydrogen-bond donors (Lipinski definition) is 0. The second-order valence-corrected chi connectivity index (χ2v) is 20.9. The van der Waals surface area contributed by atoms with E-state index in [0.29, 0.717) is 0 Å². The molecule has 0 aliphatic heterocycles. The first kappa shape index (κ1) is 111. The van der Waals surface area contributed by atoms with Crippen molar-refractivity contribution in [2.24, 2.45) is 0 Å². The van der Waals surface area contributed by atoms with Crippen molar-refractivity contribution in [2.45, 2.75) is 222 Å². The third-order valence-corrected chi connectivity index (χ3v) is 14.2. The molecule has 13 rings (SSSR count). The average molecular weight is 1480 g/mol. The lowest BCUT2D eigenvalue weighted by atomic mass is 9.95. The van der Waals surface area contributed by atoms with Crippen LogP contribution < -0.4 is 0 Å². The van der Waals surface area contributed by atoms with Gasteiger partial charge in [-0.05, 0) is 148 Å². The third kappa shape index (κ3) is 48.3. The minimum absolute atomic E-state index is 1.26. The topological polar surface area (TPSA) is 0 Å². The van der Waals surface area contributed by atoms with E-state index in [0.717, 1.165) is 0 Å². The summed E-state index contributed by atoms with van der Waals surface area (Å²) >= 11 is 0. The van der Waals surface area contributed by atoms with E-state index in [1.807, 2.05) is 216 Å². The van der Waals surface area contributed by atoms with Crippen LogP contribution in [0.4, 0.5) is 0 Å². The SMILES string of the molecule is CC.CC.CC.CC.CC.CC.CC.CC.CC.CC.CC.CC.CC.Cc1cc(-c2ccccc2)cc(-c2ccccc2)c1.Cc1ccc(-c2ccccc2)cc1.Cc1ccc(-c2ccccc2)cc1-c1ccccc1.Cc1cccc(-c2ccccc2)c1.Cc1ccccc1.Cc1ccccc1-c1ccccc1. The molecule has 13 aromatic carbocycles. The molecule has 0 fully saturated rings. The molecule has 0 unspecified atom stereocenters. The number of benzene rings is 13. The summed E-state index contributed by atoms with van der Waals surface area (Å²) in [5.74, 6) is 0. The molecule has 0 N–H and O–H groups in total. The zero-order valence-corrected chi connectivity index (χ0v) is 75.5. The fourth-order valence-electron chi connectivity index (χ4n) is 9.62. The van der Waals surface area contributed by atoms with E-state index in [1.54, 1.807) is 0 Å². The molecule has 0 heteroatoms. The molecule has 0 bridgehead atoms. The van der Waals surface area contributed by atoms with Crippen LogP contribution in [0.5, 0.6) is 0 Å². The average Bonchev–Trinajstić information content (AvgIpc) is 0.840. The number of aryl methyl sites for hydroxylation is 6. The largest absolute Gasteiger partial charge is 0.0683 e. The molecule has 0 amide bonds. The van der Waals surface area contributed by atoms with Crippen LogP contribution in [0.2, 0.25) is 0 Å². The maximum atomic E-state index is 2.28. The predicted molar refractivity (Wildman–Crippen MR) is 513 cm³/mol. The Bertz CT molecular complexity index is 3870. The highest BCUT2D eigenvalue weighted by atomic mass is 14.1. The molecule has 0 nitrogen and oxygen atoms in total. The summed E-state index contributed by atoms with van der Waals surface area (Å²) in [4.78, 5) is 0. The van der Waals surface area contributed by atoms with Crippen molar-refractivity contribution >= 4 is 0 Å². The maximum absolute atomic E-state index is 2.28. The maximum Gasteiger partial charge on any atom is -0.0149 e. The Labute approximate surface area is 680 Å². The Morgan fingerprint density at radius 2 is 0.318 bits per heavy atom. The van der Waals surface area contributed by atoms with Crippen LogP contribution in [0.3, 0.4) is 0 Å². The Kier molecular flexibility index (Phi) is 82.0. The Balaban J connectivity index is -0.000000282. The molecule has 0 heterocycles. The van der Waals surface area contributed by atoms with Crippen molar-refractivity contribution < 1.29 is 0 Å². The van der Waals surface area contributed by atoms with Crippen LogP contribution in [-0.2, 0) is 0 Å². The quantitative estimate of drug-likeness (QED) is 0.149. The van der Waals surface area contributed by atoms with E-state index in [9.17, 15) is 0 Å². The van der Waals surface area contributed by atoms with Crippen LogP contribution >= 0.6 is 0 Å². The van der Waals surface area contributed by atoms with Gasteiger partial charge in [0.2, 0.25) is 0 Å². The summed E-state index contributed by atoms with van der Waals surface area (Å²) in [6.07, 6.45) is 0. The van der Waals surface area contributed by atoms with Crippen LogP contribution in [0, 0.1) is 41.5 Å². The lowest BCUT2D eigenvalue weighted by molar-refractivity contribution is 1.45. The molecule has 0 radical (unpaired) electrons. The van der Waals surface area contributed by atoms with E-state index >= 15 is 0 Å². The van der Waals surface area contributed by atoms with Crippen LogP contribution in [0.25, 0.3) is 77.9 Å². The van der Waals surface area contributed by atoms with Gasteiger partial charge in [0.1, 0.15) is 0 Å². The van der Waals surface area contributed by atoms with Gasteiger partial charge in [-0.3, -0.25) is 0 Å². The van der Waals surface area contributed by atoms with Gasteiger partial charge < -0.3 is 0 Å². The van der Waals surface area contributed by atoms with Gasteiger partial charge in [-0.2, -0.15) is 0 Å². The van der Waals surface area contributed by atoms with E-state index in [1.165, 1.54) is 111 Å². The van der Waals surface area contributed by atoms with Crippen LogP contribution in [0.15, 0.2) is 352 Å². The van der Waals surface area contributed by atoms with Gasteiger partial charge in [-0.15, -0.1) is 0 Å². The van der Waals surface area contributed by atoms with Gasteiger partial charge in [-0.25, -0.2) is 0 Å². The summed E-state index contributed by atoms with van der Waals surface area (Å²) < 4.78 is 0. The molecule has 0 atom stereocenters. The van der Waals surface area contributed by atoms with E-state index in [4.69, 9.17) is 0 Å². The second-order valence-electron chi connectivity index (χ2n) is 20.9. The molecule has 594 valence electrons. The van der Waals surface area contributed by atoms with E-state index in [-0.39, 0.29) is 0 Å². The molecule has 0 aromatic heterocycles. The van der Waals surface area contributed by atoms with Gasteiger partial charge in [0.05, 0.1) is 0 Å². The van der Waals surface area contributed by atoms with E-state index < -0.39 is 0 Å². The zero-order valence-electron chi connectivity index (χ0n) is 75.5. The minimum atomic E-state index is 1.26. The first-order valence-electron chi connectivity index (χ1n) is 42.0. The summed E-state index contributed by atoms with van der Waals surface area (Å²) in [6, 6.07) is 123. The summed E-state index contributed by atoms with van der Waals surface area (Å²) in [5, 5.41) is 0. The van der Waals surface area contributed by atoms with Crippen molar-refractivity contribution in [3.05, 3.63) is 385 Å². The highest BCUT2D eigenvalue weighted by Gasteiger charge is 2.06. The molecule has 0 saturated heterocycles. The summed E-state index contributed by atoms with van der Waals surface area (Å²) in [6.45, 7) is 64.8. The first-order chi connectivity index (χ1) is 54.2. The Morgan fingerprint density at radius 3 is 0.627 bits per heavy atom. The number of hydrogen-bond acceptors (Lipinski definition) is 0. The molecular formula is C110H154. The van der Waals surface area contributed by atoms with Crippen molar-refractivity contribution in [3.8, 4) is 77.9 Å². The molecule has 0 aliphatic carbocycles. The van der Waals surface area contributed by atoms with Gasteiger partial charge in [0.25, 0.3) is 0 Å². The van der Waals surface area contributed by atoms with Crippen molar-refractivity contribution in [3.63, 3.8) is 0 Å². The Hall–Kier alpha value is -10.1. The molecule has 0 spiro atoms. The summed E-state index contributed by atoms with van der Waals surface area (Å²) in [5.41, 5.74) is 25.8. The van der Waals surface area contributed by atoms with Crippen LogP contribution in [0.1, 0.15) is 213 Å². The molecule has 110 heavy (non-hydrogen) atoms. The van der Waals surface area contributed by atoms with E-state index in [2.05, 4.69) is 357 Å². The van der Waals surface area contributed by atoms with Gasteiger partial charge in [0, 0.05) is 0 Å². The van der Waals surface area contributed by atoms with Crippen molar-refractivity contribution in [1.82, 2.24) is 0 Å². The highest BCUT2D eigenvalue weighted by Crippen LogP contribution is 2.31. The number of rotatable bonds is 7.